The monoisotopic (exact) mass is 265 g/mol. The van der Waals surface area contributed by atoms with Crippen LogP contribution in [-0.4, -0.2) is 25.8 Å². The molecule has 1 aromatic rings. The molecule has 0 radical (unpaired) electrons. The van der Waals surface area contributed by atoms with Gasteiger partial charge < -0.3 is 10.1 Å². The fourth-order valence-electron chi connectivity index (χ4n) is 2.74. The maximum absolute atomic E-state index is 12.9. The van der Waals surface area contributed by atoms with Crippen LogP contribution in [0.1, 0.15) is 31.7 Å². The van der Waals surface area contributed by atoms with Crippen molar-refractivity contribution in [2.75, 3.05) is 19.7 Å². The van der Waals surface area contributed by atoms with Crippen LogP contribution in [0.3, 0.4) is 0 Å². The van der Waals surface area contributed by atoms with E-state index < -0.39 is 0 Å². The summed E-state index contributed by atoms with van der Waals surface area (Å²) in [5, 5.41) is 3.42. The van der Waals surface area contributed by atoms with Gasteiger partial charge in [0.2, 0.25) is 0 Å². The molecule has 19 heavy (non-hydrogen) atoms. The second-order valence-corrected chi connectivity index (χ2v) is 5.38. The van der Waals surface area contributed by atoms with E-state index in [-0.39, 0.29) is 5.82 Å². The van der Waals surface area contributed by atoms with E-state index in [1.54, 1.807) is 12.1 Å². The third-order valence-corrected chi connectivity index (χ3v) is 3.74. The highest BCUT2D eigenvalue weighted by molar-refractivity contribution is 5.16. The zero-order chi connectivity index (χ0) is 13.5. The van der Waals surface area contributed by atoms with Crippen LogP contribution in [0.5, 0.6) is 0 Å². The molecule has 0 saturated carbocycles. The summed E-state index contributed by atoms with van der Waals surface area (Å²) in [5.41, 5.74) is 1.21. The number of rotatable bonds is 7. The zero-order valence-corrected chi connectivity index (χ0v) is 11.7. The van der Waals surface area contributed by atoms with Crippen LogP contribution in [0.15, 0.2) is 24.3 Å². The summed E-state index contributed by atoms with van der Waals surface area (Å²) in [6.45, 7) is 5.04. The quantitative estimate of drug-likeness (QED) is 0.817. The van der Waals surface area contributed by atoms with E-state index in [1.165, 1.54) is 18.4 Å². The SMILES string of the molecule is CCNCC(Cc1ccc(F)cc1)CC1CCCO1. The average Bonchev–Trinajstić information content (AvgIpc) is 2.91. The predicted octanol–water partition coefficient (Wildman–Crippen LogP) is 3.16. The molecular formula is C16H24FNO. The summed E-state index contributed by atoms with van der Waals surface area (Å²) in [7, 11) is 0. The lowest BCUT2D eigenvalue weighted by Crippen LogP contribution is -2.27. The maximum Gasteiger partial charge on any atom is 0.123 e. The van der Waals surface area contributed by atoms with Crippen molar-refractivity contribution in [3.05, 3.63) is 35.6 Å². The Morgan fingerprint density at radius 1 is 1.37 bits per heavy atom. The van der Waals surface area contributed by atoms with Crippen LogP contribution < -0.4 is 5.32 Å². The fraction of sp³-hybridized carbons (Fsp3) is 0.625. The van der Waals surface area contributed by atoms with Crippen LogP contribution in [0.25, 0.3) is 0 Å². The molecule has 1 N–H and O–H groups in total. The highest BCUT2D eigenvalue weighted by Crippen LogP contribution is 2.22. The fourth-order valence-corrected chi connectivity index (χ4v) is 2.74. The van der Waals surface area contributed by atoms with Gasteiger partial charge in [-0.3, -0.25) is 0 Å². The molecule has 1 aliphatic rings. The lowest BCUT2D eigenvalue weighted by molar-refractivity contribution is 0.0893. The van der Waals surface area contributed by atoms with Crippen molar-refractivity contribution in [3.8, 4) is 0 Å². The summed E-state index contributed by atoms with van der Waals surface area (Å²) in [5.74, 6) is 0.402. The largest absolute Gasteiger partial charge is 0.378 e. The van der Waals surface area contributed by atoms with E-state index in [9.17, 15) is 4.39 Å². The lowest BCUT2D eigenvalue weighted by atomic mass is 9.92. The second-order valence-electron chi connectivity index (χ2n) is 5.38. The van der Waals surface area contributed by atoms with Gasteiger partial charge in [-0.1, -0.05) is 19.1 Å². The van der Waals surface area contributed by atoms with Crippen molar-refractivity contribution >= 4 is 0 Å². The molecule has 1 heterocycles. The van der Waals surface area contributed by atoms with E-state index in [0.29, 0.717) is 12.0 Å². The molecule has 1 aliphatic heterocycles. The number of ether oxygens (including phenoxy) is 1. The van der Waals surface area contributed by atoms with Gasteiger partial charge in [-0.05, 0) is 62.4 Å². The Balaban J connectivity index is 1.89. The van der Waals surface area contributed by atoms with Crippen molar-refractivity contribution < 1.29 is 9.13 Å². The van der Waals surface area contributed by atoms with Crippen molar-refractivity contribution in [3.63, 3.8) is 0 Å². The molecule has 0 aliphatic carbocycles. The number of nitrogens with one attached hydrogen (secondary N) is 1. The van der Waals surface area contributed by atoms with E-state index in [2.05, 4.69) is 12.2 Å². The Morgan fingerprint density at radius 3 is 2.79 bits per heavy atom. The third kappa shape index (κ3) is 4.92. The standard InChI is InChI=1S/C16H24FNO/c1-2-18-12-14(11-16-4-3-9-19-16)10-13-5-7-15(17)8-6-13/h5-8,14,16,18H,2-4,9-12H2,1H3. The van der Waals surface area contributed by atoms with Crippen LogP contribution in [-0.2, 0) is 11.2 Å². The molecule has 2 atom stereocenters. The zero-order valence-electron chi connectivity index (χ0n) is 11.7. The van der Waals surface area contributed by atoms with Gasteiger partial charge in [-0.15, -0.1) is 0 Å². The molecule has 0 spiro atoms. The van der Waals surface area contributed by atoms with E-state index in [1.807, 2.05) is 12.1 Å². The molecule has 0 bridgehead atoms. The molecular weight excluding hydrogens is 241 g/mol. The van der Waals surface area contributed by atoms with Crippen LogP contribution in [0.2, 0.25) is 0 Å². The molecule has 1 aromatic carbocycles. The first-order valence-electron chi connectivity index (χ1n) is 7.34. The molecule has 0 aromatic heterocycles. The van der Waals surface area contributed by atoms with Gasteiger partial charge in [0.25, 0.3) is 0 Å². The van der Waals surface area contributed by atoms with Crippen LogP contribution in [0.4, 0.5) is 4.39 Å². The molecule has 2 nitrogen and oxygen atoms in total. The van der Waals surface area contributed by atoms with Crippen molar-refractivity contribution in [1.82, 2.24) is 5.32 Å². The molecule has 0 amide bonds. The maximum atomic E-state index is 12.9. The van der Waals surface area contributed by atoms with Gasteiger partial charge in [-0.25, -0.2) is 4.39 Å². The summed E-state index contributed by atoms with van der Waals surface area (Å²) in [6.07, 6.45) is 4.89. The minimum absolute atomic E-state index is 0.161. The smallest absolute Gasteiger partial charge is 0.123 e. The number of halogens is 1. The first-order valence-corrected chi connectivity index (χ1v) is 7.34. The Labute approximate surface area is 115 Å². The van der Waals surface area contributed by atoms with Gasteiger partial charge in [0.05, 0.1) is 6.10 Å². The highest BCUT2D eigenvalue weighted by atomic mass is 19.1. The first kappa shape index (κ1) is 14.5. The van der Waals surface area contributed by atoms with Gasteiger partial charge >= 0.3 is 0 Å². The topological polar surface area (TPSA) is 21.3 Å². The molecule has 3 heteroatoms. The van der Waals surface area contributed by atoms with Crippen molar-refractivity contribution in [2.45, 2.75) is 38.7 Å². The Morgan fingerprint density at radius 2 is 2.16 bits per heavy atom. The van der Waals surface area contributed by atoms with Crippen LogP contribution in [0, 0.1) is 11.7 Å². The molecule has 2 unspecified atom stereocenters. The molecule has 2 rings (SSSR count). The highest BCUT2D eigenvalue weighted by Gasteiger charge is 2.20. The van der Waals surface area contributed by atoms with Crippen molar-refractivity contribution in [2.24, 2.45) is 5.92 Å². The average molecular weight is 265 g/mol. The first-order chi connectivity index (χ1) is 9.28. The van der Waals surface area contributed by atoms with E-state index in [4.69, 9.17) is 4.74 Å². The second kappa shape index (κ2) is 7.61. The van der Waals surface area contributed by atoms with Gasteiger partial charge in [0, 0.05) is 6.61 Å². The summed E-state index contributed by atoms with van der Waals surface area (Å²) >= 11 is 0. The normalized spacial score (nSPS) is 20.6. The molecule has 1 saturated heterocycles. The van der Waals surface area contributed by atoms with Crippen molar-refractivity contribution in [1.29, 1.82) is 0 Å². The number of benzene rings is 1. The Kier molecular flexibility index (Phi) is 5.80. The Bertz CT molecular complexity index is 360. The summed E-state index contributed by atoms with van der Waals surface area (Å²) < 4.78 is 18.7. The van der Waals surface area contributed by atoms with E-state index in [0.717, 1.165) is 32.5 Å². The van der Waals surface area contributed by atoms with Gasteiger partial charge in [-0.2, -0.15) is 0 Å². The summed E-state index contributed by atoms with van der Waals surface area (Å²) in [6, 6.07) is 6.88. The third-order valence-electron chi connectivity index (χ3n) is 3.74. The van der Waals surface area contributed by atoms with Crippen LogP contribution >= 0.6 is 0 Å². The predicted molar refractivity (Wildman–Crippen MR) is 75.7 cm³/mol. The molecule has 1 fully saturated rings. The number of hydrogen-bond donors (Lipinski definition) is 1. The summed E-state index contributed by atoms with van der Waals surface area (Å²) in [4.78, 5) is 0. The van der Waals surface area contributed by atoms with E-state index >= 15 is 0 Å². The van der Waals surface area contributed by atoms with Gasteiger partial charge in [0.1, 0.15) is 5.82 Å². The minimum Gasteiger partial charge on any atom is -0.378 e. The Hall–Kier alpha value is -0.930. The lowest BCUT2D eigenvalue weighted by Gasteiger charge is -2.20. The number of hydrogen-bond acceptors (Lipinski definition) is 2. The minimum atomic E-state index is -0.161. The van der Waals surface area contributed by atoms with Gasteiger partial charge in [0.15, 0.2) is 0 Å². The molecule has 106 valence electrons.